The highest BCUT2D eigenvalue weighted by Gasteiger charge is 2.12. The summed E-state index contributed by atoms with van der Waals surface area (Å²) in [5.41, 5.74) is 1.67. The quantitative estimate of drug-likeness (QED) is 0.581. The van der Waals surface area contributed by atoms with Gasteiger partial charge in [0.15, 0.2) is 11.7 Å². The number of nitrogens with zero attached hydrogens (tertiary/aromatic N) is 1. The first-order valence-electron chi connectivity index (χ1n) is 8.83. The fourth-order valence-corrected chi connectivity index (χ4v) is 2.82. The van der Waals surface area contributed by atoms with E-state index in [-0.39, 0.29) is 12.3 Å². The Morgan fingerprint density at radius 1 is 1.18 bits per heavy atom. The molecule has 3 aromatic rings. The molecule has 0 unspecified atom stereocenters. The molecule has 0 aliphatic rings. The Labute approximate surface area is 167 Å². The Morgan fingerprint density at radius 3 is 2.79 bits per heavy atom. The summed E-state index contributed by atoms with van der Waals surface area (Å²) in [7, 11) is 0. The number of halogens is 1. The average Bonchev–Trinajstić information content (AvgIpc) is 3.16. The number of aryl methyl sites for hydroxylation is 1. The minimum Gasteiger partial charge on any atom is -0.462 e. The van der Waals surface area contributed by atoms with Crippen LogP contribution in [-0.4, -0.2) is 23.5 Å². The van der Waals surface area contributed by atoms with Gasteiger partial charge in [0.1, 0.15) is 0 Å². The van der Waals surface area contributed by atoms with Crippen molar-refractivity contribution in [2.24, 2.45) is 0 Å². The summed E-state index contributed by atoms with van der Waals surface area (Å²) in [5, 5.41) is 3.33. The number of esters is 1. The fraction of sp³-hybridized carbons (Fsp3) is 0.190. The number of carbonyl (C=O) groups is 2. The van der Waals surface area contributed by atoms with Crippen LogP contribution >= 0.6 is 11.6 Å². The highest BCUT2D eigenvalue weighted by Crippen LogP contribution is 2.28. The Kier molecular flexibility index (Phi) is 6.45. The number of amides is 1. The number of oxazole rings is 1. The van der Waals surface area contributed by atoms with Crippen molar-refractivity contribution in [1.29, 1.82) is 0 Å². The van der Waals surface area contributed by atoms with Crippen LogP contribution in [0.4, 0.5) is 5.69 Å². The lowest BCUT2D eigenvalue weighted by Gasteiger charge is -2.07. The highest BCUT2D eigenvalue weighted by atomic mass is 35.5. The van der Waals surface area contributed by atoms with Crippen molar-refractivity contribution in [2.45, 2.75) is 19.8 Å². The monoisotopic (exact) mass is 398 g/mol. The third-order valence-corrected chi connectivity index (χ3v) is 4.25. The minimum atomic E-state index is -0.425. The number of rotatable bonds is 7. The van der Waals surface area contributed by atoms with E-state index in [0.29, 0.717) is 41.0 Å². The molecular weight excluding hydrogens is 380 g/mol. The number of hydrogen-bond acceptors (Lipinski definition) is 5. The molecule has 0 atom stereocenters. The van der Waals surface area contributed by atoms with Crippen molar-refractivity contribution >= 4 is 29.2 Å². The molecule has 0 radical (unpaired) electrons. The standard InChI is InChI=1S/C21H19ClN2O4/c1-2-27-21(26)14-6-5-7-15(12-14)24-19(25)10-11-20-23-13-18(28-20)16-8-3-4-9-17(16)22/h3-9,12-13H,2,10-11H2,1H3,(H,24,25). The molecule has 0 bridgehead atoms. The van der Waals surface area contributed by atoms with Crippen LogP contribution in [0.2, 0.25) is 5.02 Å². The summed E-state index contributed by atoms with van der Waals surface area (Å²) in [6, 6.07) is 13.9. The van der Waals surface area contributed by atoms with E-state index >= 15 is 0 Å². The van der Waals surface area contributed by atoms with Gasteiger partial charge in [0.05, 0.1) is 23.4 Å². The topological polar surface area (TPSA) is 81.4 Å². The second kappa shape index (κ2) is 9.19. The van der Waals surface area contributed by atoms with Gasteiger partial charge in [0.2, 0.25) is 5.91 Å². The van der Waals surface area contributed by atoms with Crippen molar-refractivity contribution in [3.63, 3.8) is 0 Å². The third kappa shape index (κ3) is 4.98. The summed E-state index contributed by atoms with van der Waals surface area (Å²) in [5.74, 6) is 0.373. The van der Waals surface area contributed by atoms with E-state index in [4.69, 9.17) is 20.8 Å². The van der Waals surface area contributed by atoms with E-state index in [1.165, 1.54) is 0 Å². The summed E-state index contributed by atoms with van der Waals surface area (Å²) >= 11 is 6.16. The first-order chi connectivity index (χ1) is 13.6. The minimum absolute atomic E-state index is 0.187. The summed E-state index contributed by atoms with van der Waals surface area (Å²) in [4.78, 5) is 28.2. The van der Waals surface area contributed by atoms with Gasteiger partial charge in [-0.1, -0.05) is 29.8 Å². The molecule has 1 aromatic heterocycles. The number of ether oxygens (including phenoxy) is 1. The number of aromatic nitrogens is 1. The van der Waals surface area contributed by atoms with Gasteiger partial charge in [-0.15, -0.1) is 0 Å². The van der Waals surface area contributed by atoms with Crippen LogP contribution in [0, 0.1) is 0 Å². The lowest BCUT2D eigenvalue weighted by Crippen LogP contribution is -2.13. The zero-order chi connectivity index (χ0) is 19.9. The van der Waals surface area contributed by atoms with Crippen molar-refractivity contribution < 1.29 is 18.7 Å². The van der Waals surface area contributed by atoms with Crippen molar-refractivity contribution in [1.82, 2.24) is 4.98 Å². The van der Waals surface area contributed by atoms with Gasteiger partial charge >= 0.3 is 5.97 Å². The van der Waals surface area contributed by atoms with E-state index in [0.717, 1.165) is 5.56 Å². The lowest BCUT2D eigenvalue weighted by atomic mass is 10.2. The van der Waals surface area contributed by atoms with Gasteiger partial charge in [-0.3, -0.25) is 4.79 Å². The molecule has 1 amide bonds. The molecule has 3 rings (SSSR count). The molecule has 0 aliphatic carbocycles. The number of benzene rings is 2. The SMILES string of the molecule is CCOC(=O)c1cccc(NC(=O)CCc2ncc(-c3ccccc3Cl)o2)c1. The molecule has 1 N–H and O–H groups in total. The number of hydrogen-bond donors (Lipinski definition) is 1. The van der Waals surface area contributed by atoms with Gasteiger partial charge in [-0.2, -0.15) is 0 Å². The van der Waals surface area contributed by atoms with Crippen LogP contribution in [0.3, 0.4) is 0 Å². The van der Waals surface area contributed by atoms with E-state index in [1.54, 1.807) is 43.5 Å². The molecular formula is C21H19ClN2O4. The van der Waals surface area contributed by atoms with Crippen LogP contribution in [0.5, 0.6) is 0 Å². The largest absolute Gasteiger partial charge is 0.462 e. The molecule has 0 aliphatic heterocycles. The van der Waals surface area contributed by atoms with Crippen molar-refractivity contribution in [2.75, 3.05) is 11.9 Å². The van der Waals surface area contributed by atoms with Gasteiger partial charge in [0.25, 0.3) is 0 Å². The van der Waals surface area contributed by atoms with E-state index in [9.17, 15) is 9.59 Å². The fourth-order valence-electron chi connectivity index (χ4n) is 2.59. The van der Waals surface area contributed by atoms with Crippen molar-refractivity contribution in [3.05, 3.63) is 71.2 Å². The number of anilines is 1. The third-order valence-electron chi connectivity index (χ3n) is 3.92. The number of carbonyl (C=O) groups excluding carboxylic acids is 2. The molecule has 0 spiro atoms. The second-order valence-corrected chi connectivity index (χ2v) is 6.35. The maximum absolute atomic E-state index is 12.2. The predicted molar refractivity (Wildman–Crippen MR) is 106 cm³/mol. The first-order valence-corrected chi connectivity index (χ1v) is 9.21. The lowest BCUT2D eigenvalue weighted by molar-refractivity contribution is -0.116. The van der Waals surface area contributed by atoms with Crippen LogP contribution in [0.1, 0.15) is 29.6 Å². The van der Waals surface area contributed by atoms with Crippen LogP contribution in [-0.2, 0) is 16.0 Å². The molecule has 1 heterocycles. The summed E-state index contributed by atoms with van der Waals surface area (Å²) in [6.07, 6.45) is 2.12. The van der Waals surface area contributed by atoms with Gasteiger partial charge in [-0.05, 0) is 37.3 Å². The molecule has 0 saturated carbocycles. The van der Waals surface area contributed by atoms with Crippen LogP contribution < -0.4 is 5.32 Å². The average molecular weight is 399 g/mol. The second-order valence-electron chi connectivity index (χ2n) is 5.95. The van der Waals surface area contributed by atoms with Crippen molar-refractivity contribution in [3.8, 4) is 11.3 Å². The Bertz CT molecular complexity index is 984. The first kappa shape index (κ1) is 19.6. The van der Waals surface area contributed by atoms with Gasteiger partial charge < -0.3 is 14.5 Å². The summed E-state index contributed by atoms with van der Waals surface area (Å²) in [6.45, 7) is 2.03. The van der Waals surface area contributed by atoms with Crippen LogP contribution in [0.25, 0.3) is 11.3 Å². The van der Waals surface area contributed by atoms with E-state index in [1.807, 2.05) is 18.2 Å². The molecule has 144 valence electrons. The highest BCUT2D eigenvalue weighted by molar-refractivity contribution is 6.33. The van der Waals surface area contributed by atoms with Crippen LogP contribution in [0.15, 0.2) is 59.1 Å². The Balaban J connectivity index is 1.57. The smallest absolute Gasteiger partial charge is 0.338 e. The Morgan fingerprint density at radius 2 is 2.00 bits per heavy atom. The molecule has 28 heavy (non-hydrogen) atoms. The van der Waals surface area contributed by atoms with E-state index in [2.05, 4.69) is 10.3 Å². The molecule has 0 fully saturated rings. The normalized spacial score (nSPS) is 10.5. The van der Waals surface area contributed by atoms with E-state index < -0.39 is 5.97 Å². The summed E-state index contributed by atoms with van der Waals surface area (Å²) < 4.78 is 10.7. The molecule has 0 saturated heterocycles. The zero-order valence-corrected chi connectivity index (χ0v) is 16.0. The zero-order valence-electron chi connectivity index (χ0n) is 15.3. The maximum Gasteiger partial charge on any atom is 0.338 e. The molecule has 6 nitrogen and oxygen atoms in total. The molecule has 2 aromatic carbocycles. The van der Waals surface area contributed by atoms with Gasteiger partial charge in [-0.25, -0.2) is 9.78 Å². The number of nitrogens with one attached hydrogen (secondary N) is 1. The van der Waals surface area contributed by atoms with Gasteiger partial charge in [0, 0.05) is 24.1 Å². The Hall–Kier alpha value is -3.12. The predicted octanol–water partition coefficient (Wildman–Crippen LogP) is 4.74. The molecule has 7 heteroatoms. The maximum atomic E-state index is 12.2.